The number of imidazole rings is 1. The topological polar surface area (TPSA) is 94.3 Å². The molecule has 2 aromatic rings. The Morgan fingerprint density at radius 3 is 2.54 bits per heavy atom. The molecule has 2 heterocycles. The van der Waals surface area contributed by atoms with E-state index in [0.717, 1.165) is 37.0 Å². The fraction of sp³-hybridized carbons (Fsp3) is 0.667. The van der Waals surface area contributed by atoms with Crippen LogP contribution < -0.4 is 16.8 Å². The third-order valence-electron chi connectivity index (χ3n) is 5.74. The Morgan fingerprint density at radius 1 is 1.04 bits per heavy atom. The van der Waals surface area contributed by atoms with Crippen LogP contribution in [-0.2, 0) is 0 Å². The first kappa shape index (κ1) is 15.7. The van der Waals surface area contributed by atoms with E-state index in [2.05, 4.69) is 15.4 Å². The summed E-state index contributed by atoms with van der Waals surface area (Å²) < 4.78 is 1.80. The second-order valence-electron chi connectivity index (χ2n) is 7.46. The lowest BCUT2D eigenvalue weighted by atomic mass is 9.81. The Kier molecular flexibility index (Phi) is 4.31. The molecule has 0 amide bonds. The SMILES string of the molecule is Nc1nn2ccnc2c(NC2CCCCC2)c1C1CCC(N)CC1. The molecular formula is C18H28N6. The summed E-state index contributed by atoms with van der Waals surface area (Å²) in [5, 5.41) is 8.34. The van der Waals surface area contributed by atoms with Crippen LogP contribution in [0.3, 0.4) is 0 Å². The average molecular weight is 328 g/mol. The van der Waals surface area contributed by atoms with Gasteiger partial charge < -0.3 is 16.8 Å². The number of fused-ring (bicyclic) bond motifs is 1. The quantitative estimate of drug-likeness (QED) is 0.805. The van der Waals surface area contributed by atoms with Crippen molar-refractivity contribution in [3.63, 3.8) is 0 Å². The van der Waals surface area contributed by atoms with Crippen LogP contribution in [0.4, 0.5) is 11.5 Å². The predicted molar refractivity (Wildman–Crippen MR) is 97.1 cm³/mol. The molecule has 6 nitrogen and oxygen atoms in total. The first-order chi connectivity index (χ1) is 11.7. The van der Waals surface area contributed by atoms with Crippen LogP contribution in [0.25, 0.3) is 5.65 Å². The van der Waals surface area contributed by atoms with Gasteiger partial charge in [-0.25, -0.2) is 9.50 Å². The van der Waals surface area contributed by atoms with Crippen LogP contribution in [-0.4, -0.2) is 26.7 Å². The van der Waals surface area contributed by atoms with Crippen molar-refractivity contribution in [2.24, 2.45) is 5.73 Å². The van der Waals surface area contributed by atoms with Crippen LogP contribution >= 0.6 is 0 Å². The molecule has 0 unspecified atom stereocenters. The molecule has 2 saturated carbocycles. The molecule has 4 rings (SSSR count). The number of aromatic nitrogens is 3. The number of hydrogen-bond donors (Lipinski definition) is 3. The maximum absolute atomic E-state index is 6.39. The molecule has 5 N–H and O–H groups in total. The van der Waals surface area contributed by atoms with Gasteiger partial charge in [-0.05, 0) is 44.4 Å². The lowest BCUT2D eigenvalue weighted by Gasteiger charge is -2.31. The van der Waals surface area contributed by atoms with Gasteiger partial charge in [-0.1, -0.05) is 19.3 Å². The van der Waals surface area contributed by atoms with E-state index in [1.54, 1.807) is 10.7 Å². The van der Waals surface area contributed by atoms with Crippen molar-refractivity contribution in [1.29, 1.82) is 0 Å². The van der Waals surface area contributed by atoms with Gasteiger partial charge in [0.2, 0.25) is 0 Å². The van der Waals surface area contributed by atoms with Crippen LogP contribution in [0.5, 0.6) is 0 Å². The zero-order valence-electron chi connectivity index (χ0n) is 14.2. The zero-order valence-corrected chi connectivity index (χ0v) is 14.2. The fourth-order valence-corrected chi connectivity index (χ4v) is 4.39. The zero-order chi connectivity index (χ0) is 16.5. The molecule has 0 aliphatic heterocycles. The van der Waals surface area contributed by atoms with E-state index < -0.39 is 0 Å². The number of nitrogens with two attached hydrogens (primary N) is 2. The Morgan fingerprint density at radius 2 is 1.79 bits per heavy atom. The summed E-state index contributed by atoms with van der Waals surface area (Å²) in [6.45, 7) is 0. The summed E-state index contributed by atoms with van der Waals surface area (Å²) in [5.41, 5.74) is 15.7. The maximum atomic E-state index is 6.39. The number of hydrogen-bond acceptors (Lipinski definition) is 5. The largest absolute Gasteiger partial charge is 0.382 e. The van der Waals surface area contributed by atoms with Gasteiger partial charge >= 0.3 is 0 Å². The van der Waals surface area contributed by atoms with E-state index in [0.29, 0.717) is 23.8 Å². The van der Waals surface area contributed by atoms with Gasteiger partial charge in [-0.15, -0.1) is 5.10 Å². The van der Waals surface area contributed by atoms with E-state index in [1.807, 2.05) is 6.20 Å². The highest BCUT2D eigenvalue weighted by Crippen LogP contribution is 2.40. The standard InChI is InChI=1S/C18H28N6/c19-13-8-6-12(7-9-13)15-16(22-14-4-2-1-3-5-14)18-21-10-11-24(18)23-17(15)20/h10-14,22H,1-9,19H2,(H2,20,23). The second-order valence-corrected chi connectivity index (χ2v) is 7.46. The molecule has 0 atom stereocenters. The molecule has 2 aromatic heterocycles. The normalized spacial score (nSPS) is 25.9. The Balaban J connectivity index is 1.72. The summed E-state index contributed by atoms with van der Waals surface area (Å²) in [7, 11) is 0. The summed E-state index contributed by atoms with van der Waals surface area (Å²) in [5.74, 6) is 1.07. The molecular weight excluding hydrogens is 300 g/mol. The third kappa shape index (κ3) is 2.95. The van der Waals surface area contributed by atoms with Crippen LogP contribution in [0, 0.1) is 0 Å². The first-order valence-electron chi connectivity index (χ1n) is 9.37. The van der Waals surface area contributed by atoms with Crippen LogP contribution in [0.2, 0.25) is 0 Å². The van der Waals surface area contributed by atoms with Crippen molar-refractivity contribution in [3.05, 3.63) is 18.0 Å². The number of nitrogen functional groups attached to an aromatic ring is 1. The van der Waals surface area contributed by atoms with Crippen molar-refractivity contribution >= 4 is 17.2 Å². The Labute approximate surface area is 143 Å². The third-order valence-corrected chi connectivity index (χ3v) is 5.74. The van der Waals surface area contributed by atoms with E-state index in [1.165, 1.54) is 37.7 Å². The van der Waals surface area contributed by atoms with Crippen molar-refractivity contribution in [1.82, 2.24) is 14.6 Å². The predicted octanol–water partition coefficient (Wildman–Crippen LogP) is 3.04. The highest BCUT2D eigenvalue weighted by molar-refractivity contribution is 5.76. The number of anilines is 2. The molecule has 6 heteroatoms. The van der Waals surface area contributed by atoms with E-state index in [-0.39, 0.29) is 0 Å². The first-order valence-corrected chi connectivity index (χ1v) is 9.37. The fourth-order valence-electron chi connectivity index (χ4n) is 4.39. The smallest absolute Gasteiger partial charge is 0.177 e. The molecule has 2 aliphatic rings. The van der Waals surface area contributed by atoms with Gasteiger partial charge in [0.05, 0.1) is 5.69 Å². The minimum atomic E-state index is 0.334. The lowest BCUT2D eigenvalue weighted by molar-refractivity contribution is 0.395. The van der Waals surface area contributed by atoms with Gasteiger partial charge in [-0.2, -0.15) is 0 Å². The molecule has 0 bridgehead atoms. The minimum Gasteiger partial charge on any atom is -0.382 e. The maximum Gasteiger partial charge on any atom is 0.177 e. The number of nitrogens with zero attached hydrogens (tertiary/aromatic N) is 3. The molecule has 24 heavy (non-hydrogen) atoms. The molecule has 0 saturated heterocycles. The van der Waals surface area contributed by atoms with Gasteiger partial charge in [0.1, 0.15) is 5.82 Å². The van der Waals surface area contributed by atoms with E-state index in [9.17, 15) is 0 Å². The summed E-state index contributed by atoms with van der Waals surface area (Å²) >= 11 is 0. The second kappa shape index (κ2) is 6.59. The van der Waals surface area contributed by atoms with Crippen molar-refractivity contribution in [2.75, 3.05) is 11.1 Å². The molecule has 2 fully saturated rings. The summed E-state index contributed by atoms with van der Waals surface area (Å²) in [4.78, 5) is 4.55. The average Bonchev–Trinajstić information content (AvgIpc) is 3.05. The summed E-state index contributed by atoms with van der Waals surface area (Å²) in [6.07, 6.45) is 14.4. The molecule has 130 valence electrons. The minimum absolute atomic E-state index is 0.334. The number of nitrogens with one attached hydrogen (secondary N) is 1. The van der Waals surface area contributed by atoms with Crippen molar-refractivity contribution in [3.8, 4) is 0 Å². The van der Waals surface area contributed by atoms with Crippen LogP contribution in [0.15, 0.2) is 12.4 Å². The lowest BCUT2D eigenvalue weighted by Crippen LogP contribution is -2.28. The summed E-state index contributed by atoms with van der Waals surface area (Å²) in [6, 6.07) is 0.853. The van der Waals surface area contributed by atoms with Gasteiger partial charge in [0.25, 0.3) is 0 Å². The van der Waals surface area contributed by atoms with Crippen molar-refractivity contribution in [2.45, 2.75) is 75.8 Å². The number of rotatable bonds is 3. The van der Waals surface area contributed by atoms with E-state index in [4.69, 9.17) is 11.5 Å². The Hall–Kier alpha value is -1.82. The highest BCUT2D eigenvalue weighted by atomic mass is 15.3. The van der Waals surface area contributed by atoms with Gasteiger partial charge in [-0.3, -0.25) is 0 Å². The van der Waals surface area contributed by atoms with Gasteiger partial charge in [0.15, 0.2) is 5.65 Å². The molecule has 0 radical (unpaired) electrons. The molecule has 0 spiro atoms. The highest BCUT2D eigenvalue weighted by Gasteiger charge is 2.28. The Bertz CT molecular complexity index is 695. The van der Waals surface area contributed by atoms with Crippen molar-refractivity contribution < 1.29 is 0 Å². The van der Waals surface area contributed by atoms with E-state index >= 15 is 0 Å². The monoisotopic (exact) mass is 328 g/mol. The molecule has 2 aliphatic carbocycles. The van der Waals surface area contributed by atoms with Gasteiger partial charge in [0, 0.05) is 30.0 Å². The van der Waals surface area contributed by atoms with Crippen LogP contribution in [0.1, 0.15) is 69.3 Å². The molecule has 0 aromatic carbocycles.